The molecule has 120 valence electrons. The fraction of sp³-hybridized carbons (Fsp3) is 0.125. The molecule has 3 aromatic rings. The number of fused-ring (bicyclic) bond motifs is 1. The molecular weight excluding hydrogens is 318 g/mol. The van der Waals surface area contributed by atoms with E-state index < -0.39 is 10.0 Å². The lowest BCUT2D eigenvalue weighted by Crippen LogP contribution is -2.13. The molecule has 23 heavy (non-hydrogen) atoms. The lowest BCUT2D eigenvalue weighted by Gasteiger charge is -2.11. The summed E-state index contributed by atoms with van der Waals surface area (Å²) in [5.41, 5.74) is 1.15. The first-order valence-electron chi connectivity index (χ1n) is 6.75. The number of nitrogens with one attached hydrogen (secondary N) is 1. The third-order valence-corrected chi connectivity index (χ3v) is 4.75. The first-order valence-corrected chi connectivity index (χ1v) is 8.24. The van der Waals surface area contributed by atoms with Gasteiger partial charge in [0, 0.05) is 17.1 Å². The van der Waals surface area contributed by atoms with E-state index in [4.69, 9.17) is 13.9 Å². The Morgan fingerprint density at radius 1 is 0.957 bits per heavy atom. The molecule has 1 aromatic heterocycles. The van der Waals surface area contributed by atoms with Crippen LogP contribution in [-0.2, 0) is 10.0 Å². The van der Waals surface area contributed by atoms with Gasteiger partial charge in [0.15, 0.2) is 11.5 Å². The fourth-order valence-electron chi connectivity index (χ4n) is 2.23. The average molecular weight is 333 g/mol. The van der Waals surface area contributed by atoms with Crippen LogP contribution in [0, 0.1) is 0 Å². The molecule has 3 rings (SSSR count). The third-order valence-electron chi connectivity index (χ3n) is 3.37. The molecule has 0 aliphatic heterocycles. The fourth-order valence-corrected chi connectivity index (χ4v) is 3.29. The molecule has 0 spiro atoms. The summed E-state index contributed by atoms with van der Waals surface area (Å²) in [5.74, 6) is 0.812. The Hall–Kier alpha value is -2.67. The van der Waals surface area contributed by atoms with Crippen LogP contribution in [0.1, 0.15) is 0 Å². The van der Waals surface area contributed by atoms with Crippen molar-refractivity contribution in [2.75, 3.05) is 18.9 Å². The Kier molecular flexibility index (Phi) is 3.87. The summed E-state index contributed by atoms with van der Waals surface area (Å²) in [6, 6.07) is 11.2. The molecule has 0 bridgehead atoms. The van der Waals surface area contributed by atoms with Crippen molar-refractivity contribution in [2.45, 2.75) is 4.90 Å². The Balaban J connectivity index is 1.94. The minimum Gasteiger partial charge on any atom is -0.493 e. The van der Waals surface area contributed by atoms with Crippen LogP contribution in [0.4, 0.5) is 5.69 Å². The van der Waals surface area contributed by atoms with Crippen molar-refractivity contribution in [3.8, 4) is 11.5 Å². The highest BCUT2D eigenvalue weighted by Crippen LogP contribution is 2.30. The number of anilines is 1. The Labute approximate surface area is 133 Å². The van der Waals surface area contributed by atoms with Crippen LogP contribution < -0.4 is 14.2 Å². The van der Waals surface area contributed by atoms with Gasteiger partial charge in [-0.25, -0.2) is 8.42 Å². The molecule has 6 nitrogen and oxygen atoms in total. The number of hydrogen-bond donors (Lipinski definition) is 1. The van der Waals surface area contributed by atoms with Gasteiger partial charge in [-0.1, -0.05) is 0 Å². The molecule has 0 fully saturated rings. The van der Waals surface area contributed by atoms with E-state index in [2.05, 4.69) is 4.72 Å². The van der Waals surface area contributed by atoms with Gasteiger partial charge in [0.2, 0.25) is 0 Å². The molecule has 2 aromatic carbocycles. The maximum Gasteiger partial charge on any atom is 0.262 e. The van der Waals surface area contributed by atoms with Crippen molar-refractivity contribution >= 4 is 26.7 Å². The normalized spacial score (nSPS) is 11.4. The van der Waals surface area contributed by atoms with E-state index in [0.717, 1.165) is 5.39 Å². The molecule has 1 heterocycles. The lowest BCUT2D eigenvalue weighted by molar-refractivity contribution is 0.354. The average Bonchev–Trinajstić information content (AvgIpc) is 3.01. The van der Waals surface area contributed by atoms with Crippen molar-refractivity contribution < 1.29 is 22.3 Å². The van der Waals surface area contributed by atoms with Crippen LogP contribution in [0.5, 0.6) is 11.5 Å². The number of hydrogen-bond acceptors (Lipinski definition) is 5. The monoisotopic (exact) mass is 333 g/mol. The van der Waals surface area contributed by atoms with E-state index in [1.807, 2.05) is 0 Å². The van der Waals surface area contributed by atoms with Crippen LogP contribution >= 0.6 is 0 Å². The van der Waals surface area contributed by atoms with Gasteiger partial charge in [-0.2, -0.15) is 0 Å². The van der Waals surface area contributed by atoms with Crippen molar-refractivity contribution in [3.63, 3.8) is 0 Å². The molecule has 0 saturated heterocycles. The summed E-state index contributed by atoms with van der Waals surface area (Å²) in [7, 11) is -0.795. The zero-order chi connectivity index (χ0) is 16.4. The smallest absolute Gasteiger partial charge is 0.262 e. The zero-order valence-corrected chi connectivity index (χ0v) is 13.4. The zero-order valence-electron chi connectivity index (χ0n) is 12.6. The highest BCUT2D eigenvalue weighted by molar-refractivity contribution is 7.92. The number of rotatable bonds is 5. The molecule has 0 aliphatic carbocycles. The van der Waals surface area contributed by atoms with Crippen LogP contribution in [0.3, 0.4) is 0 Å². The van der Waals surface area contributed by atoms with Gasteiger partial charge < -0.3 is 13.9 Å². The minimum absolute atomic E-state index is 0.0856. The largest absolute Gasteiger partial charge is 0.493 e. The highest BCUT2D eigenvalue weighted by Gasteiger charge is 2.17. The van der Waals surface area contributed by atoms with Gasteiger partial charge in [0.05, 0.1) is 25.4 Å². The summed E-state index contributed by atoms with van der Waals surface area (Å²) in [6.45, 7) is 0. The van der Waals surface area contributed by atoms with Gasteiger partial charge in [-0.15, -0.1) is 0 Å². The summed E-state index contributed by atoms with van der Waals surface area (Å²) in [5, 5.41) is 0.817. The second-order valence-electron chi connectivity index (χ2n) is 4.80. The van der Waals surface area contributed by atoms with Gasteiger partial charge >= 0.3 is 0 Å². The standard InChI is InChI=1S/C16H15NO5S/c1-20-15-6-4-13(10-16(15)21-2)23(18,19)17-12-3-5-14-11(9-12)7-8-22-14/h3-10,17H,1-2H3. The van der Waals surface area contributed by atoms with E-state index in [0.29, 0.717) is 22.8 Å². The molecular formula is C16H15NO5S. The van der Waals surface area contributed by atoms with Gasteiger partial charge in [0.25, 0.3) is 10.0 Å². The predicted molar refractivity (Wildman–Crippen MR) is 86.6 cm³/mol. The third kappa shape index (κ3) is 2.95. The Morgan fingerprint density at radius 2 is 1.74 bits per heavy atom. The highest BCUT2D eigenvalue weighted by atomic mass is 32.2. The second-order valence-corrected chi connectivity index (χ2v) is 6.48. The Morgan fingerprint density at radius 3 is 2.48 bits per heavy atom. The summed E-state index contributed by atoms with van der Waals surface area (Å²) in [4.78, 5) is 0.0856. The van der Waals surface area contributed by atoms with Crippen LogP contribution in [0.2, 0.25) is 0 Å². The van der Waals surface area contributed by atoms with Crippen molar-refractivity contribution in [1.29, 1.82) is 0 Å². The number of methoxy groups -OCH3 is 2. The van der Waals surface area contributed by atoms with Gasteiger partial charge in [0.1, 0.15) is 5.58 Å². The van der Waals surface area contributed by atoms with Crippen LogP contribution in [0.25, 0.3) is 11.0 Å². The van der Waals surface area contributed by atoms with E-state index in [1.54, 1.807) is 36.6 Å². The molecule has 0 unspecified atom stereocenters. The van der Waals surface area contributed by atoms with Crippen LogP contribution in [0.15, 0.2) is 58.0 Å². The van der Waals surface area contributed by atoms with Crippen molar-refractivity contribution in [1.82, 2.24) is 0 Å². The molecule has 7 heteroatoms. The summed E-state index contributed by atoms with van der Waals surface area (Å²) >= 11 is 0. The van der Waals surface area contributed by atoms with Crippen LogP contribution in [-0.4, -0.2) is 22.6 Å². The maximum absolute atomic E-state index is 12.5. The molecule has 0 radical (unpaired) electrons. The van der Waals surface area contributed by atoms with E-state index in [-0.39, 0.29) is 4.90 Å². The van der Waals surface area contributed by atoms with Gasteiger partial charge in [-0.3, -0.25) is 4.72 Å². The summed E-state index contributed by atoms with van der Waals surface area (Å²) in [6.07, 6.45) is 1.55. The van der Waals surface area contributed by atoms with E-state index in [9.17, 15) is 8.42 Å². The molecule has 0 atom stereocenters. The molecule has 0 amide bonds. The number of benzene rings is 2. The SMILES string of the molecule is COc1ccc(S(=O)(=O)Nc2ccc3occc3c2)cc1OC. The quantitative estimate of drug-likeness (QED) is 0.775. The maximum atomic E-state index is 12.5. The van der Waals surface area contributed by atoms with E-state index in [1.165, 1.54) is 26.4 Å². The van der Waals surface area contributed by atoms with Crippen molar-refractivity contribution in [2.24, 2.45) is 0 Å². The lowest BCUT2D eigenvalue weighted by atomic mass is 10.2. The number of sulfonamides is 1. The van der Waals surface area contributed by atoms with Crippen molar-refractivity contribution in [3.05, 3.63) is 48.7 Å². The number of furan rings is 1. The first kappa shape index (κ1) is 15.2. The molecule has 0 aliphatic rings. The van der Waals surface area contributed by atoms with Gasteiger partial charge in [-0.05, 0) is 36.4 Å². The minimum atomic E-state index is -3.74. The van der Waals surface area contributed by atoms with E-state index >= 15 is 0 Å². The Bertz CT molecular complexity index is 946. The topological polar surface area (TPSA) is 77.8 Å². The first-order chi connectivity index (χ1) is 11.0. The molecule has 0 saturated carbocycles. The summed E-state index contributed by atoms with van der Waals surface area (Å²) < 4.78 is 43.1. The second kappa shape index (κ2) is 5.85. The number of ether oxygens (including phenoxy) is 2. The molecule has 1 N–H and O–H groups in total. The predicted octanol–water partition coefficient (Wildman–Crippen LogP) is 3.25.